The Hall–Kier alpha value is -2.83. The minimum absolute atomic E-state index is 0.166. The lowest BCUT2D eigenvalue weighted by molar-refractivity contribution is -0.116. The van der Waals surface area contributed by atoms with E-state index < -0.39 is 0 Å². The molecule has 2 aromatic rings. The van der Waals surface area contributed by atoms with E-state index in [1.54, 1.807) is 14.0 Å². The maximum atomic E-state index is 12.4. The molecule has 3 rings (SSSR count). The Balaban J connectivity index is 2.05. The van der Waals surface area contributed by atoms with Crippen molar-refractivity contribution in [1.82, 2.24) is 9.97 Å². The van der Waals surface area contributed by atoms with Crippen molar-refractivity contribution >= 4 is 11.7 Å². The second kappa shape index (κ2) is 6.96. The summed E-state index contributed by atoms with van der Waals surface area (Å²) in [6, 6.07) is 5.49. The summed E-state index contributed by atoms with van der Waals surface area (Å²) in [7, 11) is 1.57. The van der Waals surface area contributed by atoms with Crippen molar-refractivity contribution in [3.05, 3.63) is 45.5 Å². The summed E-state index contributed by atoms with van der Waals surface area (Å²) in [5.41, 5.74) is 1.04. The van der Waals surface area contributed by atoms with Gasteiger partial charge in [-0.15, -0.1) is 0 Å². The molecule has 1 amide bonds. The number of carbonyl (C=O) groups is 1. The van der Waals surface area contributed by atoms with Gasteiger partial charge < -0.3 is 19.8 Å². The van der Waals surface area contributed by atoms with Gasteiger partial charge in [0.05, 0.1) is 19.3 Å². The van der Waals surface area contributed by atoms with Crippen LogP contribution in [-0.2, 0) is 4.79 Å². The molecule has 7 nitrogen and oxygen atoms in total. The number of hydrogen-bond acceptors (Lipinski definition) is 5. The number of nitrogens with one attached hydrogen (secondary N) is 2. The number of aromatic amines is 1. The van der Waals surface area contributed by atoms with Crippen LogP contribution in [-0.4, -0.2) is 29.6 Å². The Morgan fingerprint density at radius 3 is 2.80 bits per heavy atom. The fourth-order valence-electron chi connectivity index (χ4n) is 3.00. The normalized spacial score (nSPS) is 16.1. The van der Waals surface area contributed by atoms with Crippen LogP contribution in [0.15, 0.2) is 23.0 Å². The van der Waals surface area contributed by atoms with Crippen LogP contribution < -0.4 is 20.3 Å². The van der Waals surface area contributed by atoms with Crippen LogP contribution in [0.5, 0.6) is 11.5 Å². The van der Waals surface area contributed by atoms with Crippen LogP contribution >= 0.6 is 0 Å². The molecule has 0 spiro atoms. The molecular formula is C18H21N3O4. The third-order valence-electron chi connectivity index (χ3n) is 4.12. The molecule has 1 aromatic heterocycles. The van der Waals surface area contributed by atoms with Gasteiger partial charge in [0, 0.05) is 12.3 Å². The van der Waals surface area contributed by atoms with E-state index in [0.717, 1.165) is 12.0 Å². The molecule has 1 aliphatic heterocycles. The van der Waals surface area contributed by atoms with E-state index in [4.69, 9.17) is 9.47 Å². The number of benzene rings is 1. The first-order valence-electron chi connectivity index (χ1n) is 8.24. The monoisotopic (exact) mass is 343 g/mol. The lowest BCUT2D eigenvalue weighted by Crippen LogP contribution is -2.31. The minimum Gasteiger partial charge on any atom is -0.493 e. The lowest BCUT2D eigenvalue weighted by Gasteiger charge is -2.25. The van der Waals surface area contributed by atoms with E-state index >= 15 is 0 Å². The van der Waals surface area contributed by atoms with E-state index in [1.807, 2.05) is 25.1 Å². The van der Waals surface area contributed by atoms with E-state index in [9.17, 15) is 9.59 Å². The van der Waals surface area contributed by atoms with Crippen LogP contribution in [0.3, 0.4) is 0 Å². The highest BCUT2D eigenvalue weighted by molar-refractivity contribution is 5.94. The minimum atomic E-state index is -0.380. The predicted molar refractivity (Wildman–Crippen MR) is 93.5 cm³/mol. The van der Waals surface area contributed by atoms with Gasteiger partial charge in [-0.05, 0) is 31.0 Å². The Bertz CT molecular complexity index is 860. The van der Waals surface area contributed by atoms with Crippen LogP contribution in [0.4, 0.5) is 5.82 Å². The average molecular weight is 343 g/mol. The van der Waals surface area contributed by atoms with Crippen LogP contribution in [0, 0.1) is 6.92 Å². The van der Waals surface area contributed by atoms with Crippen molar-refractivity contribution < 1.29 is 14.3 Å². The number of aryl methyl sites for hydroxylation is 1. The number of amides is 1. The summed E-state index contributed by atoms with van der Waals surface area (Å²) in [4.78, 5) is 31.5. The van der Waals surface area contributed by atoms with Gasteiger partial charge in [0.1, 0.15) is 11.6 Å². The maximum absolute atomic E-state index is 12.4. The zero-order chi connectivity index (χ0) is 18.0. The number of ether oxygens (including phenoxy) is 2. The second-order valence-electron chi connectivity index (χ2n) is 5.98. The Kier molecular flexibility index (Phi) is 4.74. The summed E-state index contributed by atoms with van der Waals surface area (Å²) in [6.45, 7) is 4.30. The number of rotatable bonds is 5. The fourth-order valence-corrected chi connectivity index (χ4v) is 3.00. The third kappa shape index (κ3) is 3.35. The van der Waals surface area contributed by atoms with Crippen molar-refractivity contribution in [3.8, 4) is 11.5 Å². The van der Waals surface area contributed by atoms with Gasteiger partial charge in [-0.3, -0.25) is 9.59 Å². The molecule has 0 bridgehead atoms. The molecule has 0 saturated heterocycles. The van der Waals surface area contributed by atoms with Gasteiger partial charge in [0.15, 0.2) is 11.5 Å². The van der Waals surface area contributed by atoms with Crippen molar-refractivity contribution in [2.24, 2.45) is 0 Å². The fraction of sp³-hybridized carbons (Fsp3) is 0.389. The number of hydrogen-bond donors (Lipinski definition) is 2. The molecule has 1 atom stereocenters. The van der Waals surface area contributed by atoms with Crippen molar-refractivity contribution in [2.75, 3.05) is 19.0 Å². The van der Waals surface area contributed by atoms with Crippen molar-refractivity contribution in [2.45, 2.75) is 32.6 Å². The zero-order valence-corrected chi connectivity index (χ0v) is 14.5. The Morgan fingerprint density at radius 1 is 1.28 bits per heavy atom. The first-order valence-corrected chi connectivity index (χ1v) is 8.24. The van der Waals surface area contributed by atoms with E-state index in [1.165, 1.54) is 0 Å². The summed E-state index contributed by atoms with van der Waals surface area (Å²) in [5, 5.41) is 2.68. The van der Waals surface area contributed by atoms with Gasteiger partial charge in [-0.25, -0.2) is 4.98 Å². The summed E-state index contributed by atoms with van der Waals surface area (Å²) in [5.74, 6) is 1.47. The Morgan fingerprint density at radius 2 is 2.08 bits per heavy atom. The number of carbonyl (C=O) groups excluding carboxylic acids is 1. The SMILES string of the molecule is CCCOc1ccc(C2CC(=O)Nc3nc(C)[nH]c(=O)c32)cc1OC. The first-order chi connectivity index (χ1) is 12.0. The van der Waals surface area contributed by atoms with E-state index in [-0.39, 0.29) is 23.8 Å². The highest BCUT2D eigenvalue weighted by Gasteiger charge is 2.31. The maximum Gasteiger partial charge on any atom is 0.256 e. The molecule has 2 N–H and O–H groups in total. The summed E-state index contributed by atoms with van der Waals surface area (Å²) in [6.07, 6.45) is 1.07. The number of fused-ring (bicyclic) bond motifs is 1. The van der Waals surface area contributed by atoms with Gasteiger partial charge in [-0.1, -0.05) is 13.0 Å². The van der Waals surface area contributed by atoms with Crippen LogP contribution in [0.2, 0.25) is 0 Å². The molecule has 1 aliphatic rings. The third-order valence-corrected chi connectivity index (χ3v) is 4.12. The van der Waals surface area contributed by atoms with E-state index in [0.29, 0.717) is 35.3 Å². The molecule has 25 heavy (non-hydrogen) atoms. The highest BCUT2D eigenvalue weighted by Crippen LogP contribution is 2.37. The van der Waals surface area contributed by atoms with Crippen LogP contribution in [0.25, 0.3) is 0 Å². The highest BCUT2D eigenvalue weighted by atomic mass is 16.5. The number of aromatic nitrogens is 2. The molecule has 7 heteroatoms. The standard InChI is InChI=1S/C18H21N3O4/c1-4-7-25-13-6-5-11(8-14(13)24-3)12-9-15(22)21-17-16(12)18(23)20-10(2)19-17/h5-6,8,12H,4,7,9H2,1-3H3,(H2,19,20,21,22,23). The summed E-state index contributed by atoms with van der Waals surface area (Å²) < 4.78 is 11.1. The van der Waals surface area contributed by atoms with Crippen molar-refractivity contribution in [3.63, 3.8) is 0 Å². The number of nitrogens with zero attached hydrogens (tertiary/aromatic N) is 1. The quantitative estimate of drug-likeness (QED) is 0.869. The van der Waals surface area contributed by atoms with Crippen molar-refractivity contribution in [1.29, 1.82) is 0 Å². The first kappa shape index (κ1) is 17.0. The second-order valence-corrected chi connectivity index (χ2v) is 5.98. The van der Waals surface area contributed by atoms with Gasteiger partial charge in [-0.2, -0.15) is 0 Å². The largest absolute Gasteiger partial charge is 0.493 e. The molecule has 0 fully saturated rings. The van der Waals surface area contributed by atoms with Crippen LogP contribution in [0.1, 0.15) is 42.6 Å². The summed E-state index contributed by atoms with van der Waals surface area (Å²) >= 11 is 0. The Labute approximate surface area is 145 Å². The lowest BCUT2D eigenvalue weighted by atomic mass is 9.86. The molecule has 0 radical (unpaired) electrons. The zero-order valence-electron chi connectivity index (χ0n) is 14.5. The molecule has 2 heterocycles. The number of anilines is 1. The van der Waals surface area contributed by atoms with Gasteiger partial charge in [0.25, 0.3) is 5.56 Å². The van der Waals surface area contributed by atoms with E-state index in [2.05, 4.69) is 15.3 Å². The smallest absolute Gasteiger partial charge is 0.256 e. The van der Waals surface area contributed by atoms with Gasteiger partial charge >= 0.3 is 0 Å². The molecule has 132 valence electrons. The number of methoxy groups -OCH3 is 1. The van der Waals surface area contributed by atoms with Gasteiger partial charge in [0.2, 0.25) is 5.91 Å². The number of H-pyrrole nitrogens is 1. The predicted octanol–water partition coefficient (Wildman–Crippen LogP) is 2.35. The molecule has 1 aromatic carbocycles. The molecular weight excluding hydrogens is 322 g/mol. The average Bonchev–Trinajstić information content (AvgIpc) is 2.58. The topological polar surface area (TPSA) is 93.3 Å². The molecule has 1 unspecified atom stereocenters. The molecule has 0 aliphatic carbocycles. The molecule has 0 saturated carbocycles.